The maximum atomic E-state index is 11.5. The summed E-state index contributed by atoms with van der Waals surface area (Å²) in [6, 6.07) is 0.351. The average Bonchev–Trinajstić information content (AvgIpc) is 3.00. The number of hydrogen-bond acceptors (Lipinski definition) is 6. The van der Waals surface area contributed by atoms with E-state index in [1.54, 1.807) is 13.8 Å². The van der Waals surface area contributed by atoms with E-state index in [1.165, 1.54) is 11.8 Å². The van der Waals surface area contributed by atoms with Crippen molar-refractivity contribution in [1.82, 2.24) is 15.5 Å². The summed E-state index contributed by atoms with van der Waals surface area (Å²) in [5.74, 6) is -0.291. The Balaban J connectivity index is 1.94. The molecule has 2 atom stereocenters. The molecular formula is C12H19N3O3S. The van der Waals surface area contributed by atoms with Gasteiger partial charge in [0.15, 0.2) is 0 Å². The zero-order valence-electron chi connectivity index (χ0n) is 11.3. The van der Waals surface area contributed by atoms with Crippen LogP contribution < -0.4 is 5.32 Å². The van der Waals surface area contributed by atoms with Crippen LogP contribution in [0, 0.1) is 6.92 Å². The van der Waals surface area contributed by atoms with E-state index in [2.05, 4.69) is 15.5 Å². The number of aryl methyl sites for hydroxylation is 1. The van der Waals surface area contributed by atoms with Crippen molar-refractivity contribution in [2.45, 2.75) is 62.1 Å². The molecule has 7 heteroatoms. The third-order valence-corrected chi connectivity index (χ3v) is 4.01. The molecule has 2 rings (SSSR count). The molecule has 1 aromatic heterocycles. The highest BCUT2D eigenvalue weighted by Gasteiger charge is 2.39. The van der Waals surface area contributed by atoms with Crippen LogP contribution in [0.25, 0.3) is 0 Å². The lowest BCUT2D eigenvalue weighted by atomic mass is 9.96. The fourth-order valence-electron chi connectivity index (χ4n) is 2.00. The Morgan fingerprint density at radius 1 is 1.63 bits per heavy atom. The molecule has 2 unspecified atom stereocenters. The van der Waals surface area contributed by atoms with Gasteiger partial charge in [0, 0.05) is 18.2 Å². The second-order valence-electron chi connectivity index (χ2n) is 5.28. The molecule has 1 heterocycles. The van der Waals surface area contributed by atoms with Crippen LogP contribution in [0.15, 0.2) is 9.64 Å². The van der Waals surface area contributed by atoms with Crippen LogP contribution >= 0.6 is 11.8 Å². The highest BCUT2D eigenvalue weighted by molar-refractivity contribution is 7.99. The van der Waals surface area contributed by atoms with Crippen molar-refractivity contribution in [3.8, 4) is 0 Å². The summed E-state index contributed by atoms with van der Waals surface area (Å²) in [6.45, 7) is 5.45. The molecule has 0 radical (unpaired) electrons. The van der Waals surface area contributed by atoms with Crippen molar-refractivity contribution in [3.63, 3.8) is 0 Å². The van der Waals surface area contributed by atoms with E-state index >= 15 is 0 Å². The summed E-state index contributed by atoms with van der Waals surface area (Å²) >= 11 is 1.41. The van der Waals surface area contributed by atoms with Crippen molar-refractivity contribution in [1.29, 1.82) is 0 Å². The van der Waals surface area contributed by atoms with Crippen molar-refractivity contribution >= 4 is 17.7 Å². The smallest absolute Gasteiger partial charge is 0.323 e. The predicted molar refractivity (Wildman–Crippen MR) is 71.2 cm³/mol. The van der Waals surface area contributed by atoms with Gasteiger partial charge in [-0.05, 0) is 26.2 Å². The van der Waals surface area contributed by atoms with Gasteiger partial charge in [0.1, 0.15) is 5.54 Å². The number of carbonyl (C=O) groups is 1. The van der Waals surface area contributed by atoms with E-state index in [-0.39, 0.29) is 5.25 Å². The number of hydrogen-bond donors (Lipinski definition) is 2. The van der Waals surface area contributed by atoms with Gasteiger partial charge in [-0.2, -0.15) is 0 Å². The van der Waals surface area contributed by atoms with Gasteiger partial charge >= 0.3 is 5.97 Å². The number of carboxylic acid groups (broad SMARTS) is 1. The van der Waals surface area contributed by atoms with E-state index in [0.717, 1.165) is 12.8 Å². The minimum Gasteiger partial charge on any atom is -0.480 e. The maximum absolute atomic E-state index is 11.5. The van der Waals surface area contributed by atoms with Crippen LogP contribution in [0.3, 0.4) is 0 Å². The third-order valence-electron chi connectivity index (χ3n) is 3.08. The van der Waals surface area contributed by atoms with E-state index in [4.69, 9.17) is 4.42 Å². The van der Waals surface area contributed by atoms with Crippen LogP contribution in [0.5, 0.6) is 0 Å². The van der Waals surface area contributed by atoms with Gasteiger partial charge in [-0.15, -0.1) is 10.2 Å². The van der Waals surface area contributed by atoms with Crippen molar-refractivity contribution < 1.29 is 14.3 Å². The van der Waals surface area contributed by atoms with Crippen molar-refractivity contribution in [2.24, 2.45) is 0 Å². The standard InChI is InChI=1S/C12H19N3O3S/c1-7(19-11-15-14-8(2)18-11)6-12(3,10(16)17)13-9-4-5-9/h7,9,13H,4-6H2,1-3H3,(H,16,17). The largest absolute Gasteiger partial charge is 0.480 e. The molecule has 1 aliphatic rings. The molecule has 1 aliphatic carbocycles. The second-order valence-corrected chi connectivity index (χ2v) is 6.67. The fraction of sp³-hybridized carbons (Fsp3) is 0.750. The average molecular weight is 285 g/mol. The third kappa shape index (κ3) is 3.94. The first-order valence-electron chi connectivity index (χ1n) is 6.37. The molecule has 0 amide bonds. The molecule has 1 fully saturated rings. The Morgan fingerprint density at radius 2 is 2.32 bits per heavy atom. The summed E-state index contributed by atoms with van der Waals surface area (Å²) in [5.41, 5.74) is -0.900. The Kier molecular flexibility index (Phi) is 4.15. The molecule has 19 heavy (non-hydrogen) atoms. The van der Waals surface area contributed by atoms with Gasteiger partial charge in [0.2, 0.25) is 5.89 Å². The van der Waals surface area contributed by atoms with Crippen LogP contribution in [-0.2, 0) is 4.79 Å². The SMILES string of the molecule is Cc1nnc(SC(C)CC(C)(NC2CC2)C(=O)O)o1. The zero-order valence-corrected chi connectivity index (χ0v) is 12.2. The number of nitrogens with zero attached hydrogens (tertiary/aromatic N) is 2. The summed E-state index contributed by atoms with van der Waals surface area (Å²) in [4.78, 5) is 11.5. The predicted octanol–water partition coefficient (Wildman–Crippen LogP) is 1.84. The lowest BCUT2D eigenvalue weighted by Crippen LogP contribution is -2.51. The molecule has 1 saturated carbocycles. The zero-order chi connectivity index (χ0) is 14.0. The van der Waals surface area contributed by atoms with Crippen LogP contribution in [-0.4, -0.2) is 38.1 Å². The van der Waals surface area contributed by atoms with Gasteiger partial charge in [-0.1, -0.05) is 18.7 Å². The van der Waals surface area contributed by atoms with E-state index < -0.39 is 11.5 Å². The van der Waals surface area contributed by atoms with Crippen molar-refractivity contribution in [3.05, 3.63) is 5.89 Å². The number of thioether (sulfide) groups is 1. The minimum atomic E-state index is -0.900. The molecule has 0 bridgehead atoms. The molecule has 0 spiro atoms. The summed E-state index contributed by atoms with van der Waals surface area (Å²) in [5, 5.41) is 20.9. The molecular weight excluding hydrogens is 266 g/mol. The second kappa shape index (κ2) is 5.50. The number of carboxylic acids is 1. The summed E-state index contributed by atoms with van der Waals surface area (Å²) < 4.78 is 5.30. The van der Waals surface area contributed by atoms with Gasteiger partial charge in [-0.3, -0.25) is 10.1 Å². The molecule has 0 aliphatic heterocycles. The van der Waals surface area contributed by atoms with Gasteiger partial charge < -0.3 is 9.52 Å². The van der Waals surface area contributed by atoms with E-state index in [1.807, 2.05) is 6.92 Å². The van der Waals surface area contributed by atoms with Crippen LogP contribution in [0.4, 0.5) is 0 Å². The first kappa shape index (κ1) is 14.3. The summed E-state index contributed by atoms with van der Waals surface area (Å²) in [7, 11) is 0. The topological polar surface area (TPSA) is 88.2 Å². The quantitative estimate of drug-likeness (QED) is 0.739. The van der Waals surface area contributed by atoms with Crippen LogP contribution in [0.2, 0.25) is 0 Å². The summed E-state index contributed by atoms with van der Waals surface area (Å²) in [6.07, 6.45) is 2.63. The Morgan fingerprint density at radius 3 is 2.79 bits per heavy atom. The maximum Gasteiger partial charge on any atom is 0.323 e. The number of nitrogens with one attached hydrogen (secondary N) is 1. The Labute approximate surface area is 116 Å². The molecule has 1 aromatic rings. The fourth-order valence-corrected chi connectivity index (χ4v) is 3.02. The molecule has 2 N–H and O–H groups in total. The number of aromatic nitrogens is 2. The van der Waals surface area contributed by atoms with E-state index in [0.29, 0.717) is 23.6 Å². The Hall–Kier alpha value is -1.08. The number of aliphatic carboxylic acids is 1. The van der Waals surface area contributed by atoms with E-state index in [9.17, 15) is 9.90 Å². The van der Waals surface area contributed by atoms with Gasteiger partial charge in [0.25, 0.3) is 5.22 Å². The monoisotopic (exact) mass is 285 g/mol. The van der Waals surface area contributed by atoms with Crippen LogP contribution in [0.1, 0.15) is 39.0 Å². The first-order valence-corrected chi connectivity index (χ1v) is 7.25. The molecule has 6 nitrogen and oxygen atoms in total. The molecule has 0 saturated heterocycles. The molecule has 0 aromatic carbocycles. The van der Waals surface area contributed by atoms with Gasteiger partial charge in [0.05, 0.1) is 0 Å². The first-order chi connectivity index (χ1) is 8.89. The minimum absolute atomic E-state index is 0.0761. The normalized spacial score (nSPS) is 19.9. The highest BCUT2D eigenvalue weighted by Crippen LogP contribution is 2.30. The van der Waals surface area contributed by atoms with Gasteiger partial charge in [-0.25, -0.2) is 0 Å². The molecule has 106 valence electrons. The lowest BCUT2D eigenvalue weighted by Gasteiger charge is -2.28. The Bertz CT molecular complexity index is 461. The van der Waals surface area contributed by atoms with Crippen molar-refractivity contribution in [2.75, 3.05) is 0 Å². The number of rotatable bonds is 7. The highest BCUT2D eigenvalue weighted by atomic mass is 32.2. The lowest BCUT2D eigenvalue weighted by molar-refractivity contribution is -0.144.